The van der Waals surface area contributed by atoms with Crippen LogP contribution in [0.25, 0.3) is 0 Å². The Morgan fingerprint density at radius 3 is 2.20 bits per heavy atom. The molecule has 0 aliphatic heterocycles. The molecule has 1 heterocycles. The number of aromatic nitrogens is 1. The van der Waals surface area contributed by atoms with Gasteiger partial charge in [-0.25, -0.2) is 13.4 Å². The van der Waals surface area contributed by atoms with Crippen molar-refractivity contribution >= 4 is 33.0 Å². The zero-order valence-electron chi connectivity index (χ0n) is 8.37. The molecule has 1 unspecified atom stereocenters. The molecule has 0 aromatic carbocycles. The van der Waals surface area contributed by atoms with E-state index in [1.807, 2.05) is 6.92 Å². The largest absolute Gasteiger partial charge is 0.224 e. The van der Waals surface area contributed by atoms with E-state index in [0.717, 1.165) is 0 Å². The molecule has 0 aliphatic carbocycles. The van der Waals surface area contributed by atoms with Crippen molar-refractivity contribution in [2.45, 2.75) is 30.4 Å². The monoisotopic (exact) mass is 267 g/mol. The summed E-state index contributed by atoms with van der Waals surface area (Å²) in [7, 11) is -3.34. The van der Waals surface area contributed by atoms with E-state index in [4.69, 9.17) is 23.2 Å². The molecule has 0 fully saturated rings. The summed E-state index contributed by atoms with van der Waals surface area (Å²) in [5, 5.41) is -0.277. The first-order chi connectivity index (χ1) is 6.87. The average molecular weight is 268 g/mol. The van der Waals surface area contributed by atoms with Crippen molar-refractivity contribution in [1.82, 2.24) is 4.98 Å². The lowest BCUT2D eigenvalue weighted by molar-refractivity contribution is 0.581. The highest BCUT2D eigenvalue weighted by molar-refractivity contribution is 7.92. The van der Waals surface area contributed by atoms with Gasteiger partial charge in [0, 0.05) is 0 Å². The lowest BCUT2D eigenvalue weighted by Crippen LogP contribution is -2.17. The fourth-order valence-electron chi connectivity index (χ4n) is 1.06. The van der Waals surface area contributed by atoms with Gasteiger partial charge in [0.05, 0.1) is 10.1 Å². The van der Waals surface area contributed by atoms with Crippen LogP contribution in [0.1, 0.15) is 20.3 Å². The quantitative estimate of drug-likeness (QED) is 0.792. The van der Waals surface area contributed by atoms with Crippen LogP contribution < -0.4 is 0 Å². The standard InChI is InChI=1S/C9H11Cl2NO2S/c1-3-6(2)15(13,14)7-4-8(10)12-9(11)5-7/h4-6H,3H2,1-2H3. The van der Waals surface area contributed by atoms with Crippen LogP contribution in [0.2, 0.25) is 10.3 Å². The minimum Gasteiger partial charge on any atom is -0.224 e. The van der Waals surface area contributed by atoms with Gasteiger partial charge in [-0.05, 0) is 25.5 Å². The fourth-order valence-corrected chi connectivity index (χ4v) is 3.10. The average Bonchev–Trinajstić information content (AvgIpc) is 2.15. The van der Waals surface area contributed by atoms with Gasteiger partial charge >= 0.3 is 0 Å². The van der Waals surface area contributed by atoms with Gasteiger partial charge in [-0.3, -0.25) is 0 Å². The van der Waals surface area contributed by atoms with Crippen LogP contribution in [-0.2, 0) is 9.84 Å². The summed E-state index contributed by atoms with van der Waals surface area (Å²) in [6.07, 6.45) is 0.542. The second-order valence-corrected chi connectivity index (χ2v) is 6.35. The van der Waals surface area contributed by atoms with Crippen molar-refractivity contribution in [2.75, 3.05) is 0 Å². The van der Waals surface area contributed by atoms with Crippen molar-refractivity contribution < 1.29 is 8.42 Å². The molecular weight excluding hydrogens is 257 g/mol. The SMILES string of the molecule is CCC(C)S(=O)(=O)c1cc(Cl)nc(Cl)c1. The zero-order valence-corrected chi connectivity index (χ0v) is 10.7. The minimum absolute atomic E-state index is 0.0874. The maximum absolute atomic E-state index is 11.9. The summed E-state index contributed by atoms with van der Waals surface area (Å²) in [6.45, 7) is 3.46. The Labute approximate surface area is 99.3 Å². The van der Waals surface area contributed by atoms with E-state index in [0.29, 0.717) is 6.42 Å². The number of rotatable bonds is 3. The number of pyridine rings is 1. The second kappa shape index (κ2) is 4.68. The maximum Gasteiger partial charge on any atom is 0.181 e. The molecule has 6 heteroatoms. The van der Waals surface area contributed by atoms with E-state index in [2.05, 4.69) is 4.98 Å². The third-order valence-electron chi connectivity index (χ3n) is 2.17. The first-order valence-electron chi connectivity index (χ1n) is 4.45. The number of sulfone groups is 1. The summed E-state index contributed by atoms with van der Waals surface area (Å²) in [6, 6.07) is 2.63. The molecule has 15 heavy (non-hydrogen) atoms. The lowest BCUT2D eigenvalue weighted by Gasteiger charge is -2.10. The first-order valence-corrected chi connectivity index (χ1v) is 6.75. The van der Waals surface area contributed by atoms with Gasteiger partial charge in [0.15, 0.2) is 9.84 Å². The maximum atomic E-state index is 11.9. The van der Waals surface area contributed by atoms with Crippen LogP contribution in [-0.4, -0.2) is 18.7 Å². The molecule has 1 rings (SSSR count). The van der Waals surface area contributed by atoms with Gasteiger partial charge in [-0.15, -0.1) is 0 Å². The molecule has 1 atom stereocenters. The van der Waals surface area contributed by atoms with Crippen LogP contribution in [0.5, 0.6) is 0 Å². The van der Waals surface area contributed by atoms with Crippen molar-refractivity contribution in [1.29, 1.82) is 0 Å². The van der Waals surface area contributed by atoms with E-state index in [-0.39, 0.29) is 15.2 Å². The van der Waals surface area contributed by atoms with Crippen LogP contribution in [0.4, 0.5) is 0 Å². The first kappa shape index (κ1) is 12.7. The Kier molecular flexibility index (Phi) is 3.98. The Bertz CT molecular complexity index is 439. The summed E-state index contributed by atoms with van der Waals surface area (Å²) in [5.74, 6) is 0. The van der Waals surface area contributed by atoms with Gasteiger partial charge in [-0.1, -0.05) is 30.1 Å². The van der Waals surface area contributed by atoms with Gasteiger partial charge in [0.2, 0.25) is 0 Å². The molecule has 0 spiro atoms. The van der Waals surface area contributed by atoms with Gasteiger partial charge < -0.3 is 0 Å². The highest BCUT2D eigenvalue weighted by Crippen LogP contribution is 2.23. The van der Waals surface area contributed by atoms with E-state index < -0.39 is 15.1 Å². The minimum atomic E-state index is -3.34. The fraction of sp³-hybridized carbons (Fsp3) is 0.444. The summed E-state index contributed by atoms with van der Waals surface area (Å²) < 4.78 is 23.8. The van der Waals surface area contributed by atoms with Crippen molar-refractivity contribution in [3.63, 3.8) is 0 Å². The number of halogens is 2. The van der Waals surface area contributed by atoms with Crippen molar-refractivity contribution in [3.05, 3.63) is 22.4 Å². The van der Waals surface area contributed by atoms with Crippen LogP contribution >= 0.6 is 23.2 Å². The van der Waals surface area contributed by atoms with Crippen LogP contribution in [0.3, 0.4) is 0 Å². The highest BCUT2D eigenvalue weighted by atomic mass is 35.5. The molecule has 0 amide bonds. The molecular formula is C9H11Cl2NO2S. The van der Waals surface area contributed by atoms with E-state index in [1.54, 1.807) is 6.92 Å². The van der Waals surface area contributed by atoms with E-state index in [9.17, 15) is 8.42 Å². The zero-order chi connectivity index (χ0) is 11.6. The predicted molar refractivity (Wildman–Crippen MR) is 61.2 cm³/mol. The number of hydrogen-bond acceptors (Lipinski definition) is 3. The Morgan fingerprint density at radius 2 is 1.80 bits per heavy atom. The predicted octanol–water partition coefficient (Wildman–Crippen LogP) is 2.96. The van der Waals surface area contributed by atoms with Crippen molar-refractivity contribution in [2.24, 2.45) is 0 Å². The Balaban J connectivity index is 3.27. The molecule has 0 saturated heterocycles. The molecule has 0 saturated carbocycles. The normalized spacial score (nSPS) is 13.9. The topological polar surface area (TPSA) is 47.0 Å². The number of hydrogen-bond donors (Lipinski definition) is 0. The third-order valence-corrected chi connectivity index (χ3v) is 4.84. The molecule has 0 bridgehead atoms. The molecule has 0 aliphatic rings. The summed E-state index contributed by atoms with van der Waals surface area (Å²) >= 11 is 11.3. The van der Waals surface area contributed by atoms with Gasteiger partial charge in [0.1, 0.15) is 10.3 Å². The Morgan fingerprint density at radius 1 is 1.33 bits per heavy atom. The van der Waals surface area contributed by atoms with Gasteiger partial charge in [0.25, 0.3) is 0 Å². The molecule has 0 radical (unpaired) electrons. The highest BCUT2D eigenvalue weighted by Gasteiger charge is 2.22. The van der Waals surface area contributed by atoms with Crippen LogP contribution in [0, 0.1) is 0 Å². The third kappa shape index (κ3) is 2.83. The second-order valence-electron chi connectivity index (χ2n) is 3.21. The van der Waals surface area contributed by atoms with Crippen LogP contribution in [0.15, 0.2) is 17.0 Å². The van der Waals surface area contributed by atoms with Gasteiger partial charge in [-0.2, -0.15) is 0 Å². The molecule has 0 N–H and O–H groups in total. The molecule has 3 nitrogen and oxygen atoms in total. The molecule has 1 aromatic heterocycles. The van der Waals surface area contributed by atoms with E-state index in [1.165, 1.54) is 12.1 Å². The Hall–Kier alpha value is -0.320. The summed E-state index contributed by atoms with van der Waals surface area (Å²) in [5.41, 5.74) is 0. The molecule has 84 valence electrons. The lowest BCUT2D eigenvalue weighted by atomic mass is 10.4. The summed E-state index contributed by atoms with van der Waals surface area (Å²) in [4.78, 5) is 3.83. The van der Waals surface area contributed by atoms with Crippen molar-refractivity contribution in [3.8, 4) is 0 Å². The number of nitrogens with zero attached hydrogens (tertiary/aromatic N) is 1. The van der Waals surface area contributed by atoms with E-state index >= 15 is 0 Å². The smallest absolute Gasteiger partial charge is 0.181 e. The molecule has 1 aromatic rings.